The zero-order valence-corrected chi connectivity index (χ0v) is 16.4. The van der Waals surface area contributed by atoms with Crippen LogP contribution in [0.1, 0.15) is 20.9 Å². The monoisotopic (exact) mass is 407 g/mol. The Bertz CT molecular complexity index is 951. The number of nitrogens with two attached hydrogens (primary N) is 1. The number of benzene rings is 1. The maximum absolute atomic E-state index is 13.4. The lowest BCUT2D eigenvalue weighted by atomic mass is 10.1. The van der Waals surface area contributed by atoms with Gasteiger partial charge in [-0.2, -0.15) is 0 Å². The minimum absolute atomic E-state index is 0.235. The van der Waals surface area contributed by atoms with Crippen LogP contribution in [0.5, 0.6) is 0 Å². The molecule has 3 rings (SSSR count). The number of thiophene rings is 1. The number of amides is 1. The zero-order chi connectivity index (χ0) is 19.6. The van der Waals surface area contributed by atoms with Crippen molar-refractivity contribution in [3.63, 3.8) is 0 Å². The molecule has 0 aliphatic carbocycles. The first-order valence-electron chi connectivity index (χ1n) is 8.30. The highest BCUT2D eigenvalue weighted by atomic mass is 35.5. The highest BCUT2D eigenvalue weighted by molar-refractivity contribution is 7.18. The van der Waals surface area contributed by atoms with Gasteiger partial charge in [0.25, 0.3) is 5.91 Å². The van der Waals surface area contributed by atoms with Crippen LogP contribution in [0.2, 0.25) is 4.34 Å². The van der Waals surface area contributed by atoms with Crippen molar-refractivity contribution in [2.24, 2.45) is 12.8 Å². The van der Waals surface area contributed by atoms with Crippen molar-refractivity contribution in [1.29, 1.82) is 0 Å². The second kappa shape index (κ2) is 8.16. The van der Waals surface area contributed by atoms with Crippen molar-refractivity contribution in [3.05, 3.63) is 56.6 Å². The summed E-state index contributed by atoms with van der Waals surface area (Å²) >= 11 is 7.53. The highest BCUT2D eigenvalue weighted by Gasteiger charge is 2.21. The summed E-state index contributed by atoms with van der Waals surface area (Å²) in [6.07, 6.45) is 0.441. The molecule has 142 valence electrons. The topological polar surface area (TPSA) is 85.8 Å². The van der Waals surface area contributed by atoms with E-state index in [0.29, 0.717) is 21.2 Å². The van der Waals surface area contributed by atoms with Gasteiger partial charge in [0.15, 0.2) is 0 Å². The fourth-order valence-corrected chi connectivity index (χ4v) is 4.05. The van der Waals surface area contributed by atoms with Crippen LogP contribution in [0.25, 0.3) is 11.3 Å². The Hall–Kier alpha value is -2.29. The lowest BCUT2D eigenvalue weighted by Crippen LogP contribution is -2.41. The predicted molar refractivity (Wildman–Crippen MR) is 104 cm³/mol. The first-order valence-corrected chi connectivity index (χ1v) is 9.49. The number of halogens is 2. The molecule has 0 spiro atoms. The van der Waals surface area contributed by atoms with Crippen molar-refractivity contribution < 1.29 is 9.18 Å². The molecule has 0 saturated carbocycles. The highest BCUT2D eigenvalue weighted by Crippen LogP contribution is 2.36. The lowest BCUT2D eigenvalue weighted by molar-refractivity contribution is 0.0942. The average Bonchev–Trinajstić information content (AvgIpc) is 3.16. The minimum atomic E-state index is -0.316. The number of aryl methyl sites for hydroxylation is 2. The molecule has 1 aromatic carbocycles. The molecule has 2 aromatic heterocycles. The second-order valence-electron chi connectivity index (χ2n) is 6.19. The number of nitrogens with zero attached hydrogens (tertiary/aromatic N) is 3. The Morgan fingerprint density at radius 3 is 2.85 bits per heavy atom. The molecular formula is C18H19ClFN5OS. The van der Waals surface area contributed by atoms with Gasteiger partial charge in [-0.1, -0.05) is 28.9 Å². The van der Waals surface area contributed by atoms with E-state index in [2.05, 4.69) is 15.6 Å². The molecule has 0 fully saturated rings. The van der Waals surface area contributed by atoms with Crippen molar-refractivity contribution in [2.45, 2.75) is 19.4 Å². The van der Waals surface area contributed by atoms with E-state index in [0.717, 1.165) is 17.0 Å². The Balaban J connectivity index is 1.76. The van der Waals surface area contributed by atoms with Gasteiger partial charge in [-0.15, -0.1) is 16.4 Å². The number of nitrogens with one attached hydrogen (secondary N) is 1. The summed E-state index contributed by atoms with van der Waals surface area (Å²) < 4.78 is 15.5. The summed E-state index contributed by atoms with van der Waals surface area (Å²) in [5.41, 5.74) is 8.77. The van der Waals surface area contributed by atoms with Crippen LogP contribution >= 0.6 is 22.9 Å². The van der Waals surface area contributed by atoms with Gasteiger partial charge >= 0.3 is 0 Å². The van der Waals surface area contributed by atoms with Crippen LogP contribution in [0.15, 0.2) is 30.3 Å². The van der Waals surface area contributed by atoms with E-state index in [9.17, 15) is 9.18 Å². The second-order valence-corrected chi connectivity index (χ2v) is 7.84. The van der Waals surface area contributed by atoms with Crippen molar-refractivity contribution in [2.75, 3.05) is 6.54 Å². The summed E-state index contributed by atoms with van der Waals surface area (Å²) in [7, 11) is 1.77. The normalized spacial score (nSPS) is 12.2. The molecule has 0 aliphatic rings. The number of hydrogen-bond acceptors (Lipinski definition) is 5. The van der Waals surface area contributed by atoms with Gasteiger partial charge in [0.2, 0.25) is 0 Å². The zero-order valence-electron chi connectivity index (χ0n) is 14.9. The van der Waals surface area contributed by atoms with Gasteiger partial charge in [-0.05, 0) is 37.1 Å². The number of hydrogen-bond donors (Lipinski definition) is 2. The van der Waals surface area contributed by atoms with Crippen LogP contribution in [-0.4, -0.2) is 33.5 Å². The molecule has 1 unspecified atom stereocenters. The molecule has 3 aromatic rings. The molecule has 0 radical (unpaired) electrons. The van der Waals surface area contributed by atoms with Crippen LogP contribution in [0, 0.1) is 12.7 Å². The molecule has 9 heteroatoms. The largest absolute Gasteiger partial charge is 0.347 e. The third-order valence-corrected chi connectivity index (χ3v) is 5.51. The van der Waals surface area contributed by atoms with Gasteiger partial charge < -0.3 is 11.1 Å². The van der Waals surface area contributed by atoms with Crippen molar-refractivity contribution >= 4 is 28.8 Å². The van der Waals surface area contributed by atoms with Gasteiger partial charge in [-0.25, -0.2) is 9.07 Å². The van der Waals surface area contributed by atoms with E-state index in [1.165, 1.54) is 23.5 Å². The van der Waals surface area contributed by atoms with Gasteiger partial charge in [0.1, 0.15) is 10.2 Å². The molecule has 2 heterocycles. The predicted octanol–water partition coefficient (Wildman–Crippen LogP) is 2.94. The molecule has 0 bridgehead atoms. The van der Waals surface area contributed by atoms with Crippen molar-refractivity contribution in [3.8, 4) is 11.3 Å². The first-order chi connectivity index (χ1) is 12.9. The van der Waals surface area contributed by atoms with Crippen LogP contribution in [0.3, 0.4) is 0 Å². The Morgan fingerprint density at radius 1 is 1.44 bits per heavy atom. The first kappa shape index (κ1) is 19.5. The maximum atomic E-state index is 13.4. The van der Waals surface area contributed by atoms with Crippen molar-refractivity contribution in [1.82, 2.24) is 20.3 Å². The van der Waals surface area contributed by atoms with Gasteiger partial charge in [0.05, 0.1) is 16.3 Å². The molecular weight excluding hydrogens is 389 g/mol. The molecule has 27 heavy (non-hydrogen) atoms. The van der Waals surface area contributed by atoms with E-state index in [1.807, 2.05) is 6.92 Å². The fraction of sp³-hybridized carbons (Fsp3) is 0.278. The number of carbonyl (C=O) groups is 1. The third-order valence-electron chi connectivity index (χ3n) is 4.15. The van der Waals surface area contributed by atoms with Gasteiger partial charge in [0, 0.05) is 25.2 Å². The Morgan fingerprint density at radius 2 is 2.22 bits per heavy atom. The van der Waals surface area contributed by atoms with E-state index in [4.69, 9.17) is 17.3 Å². The van der Waals surface area contributed by atoms with E-state index < -0.39 is 0 Å². The Labute approximate surface area is 165 Å². The van der Waals surface area contributed by atoms with Crippen LogP contribution in [0.4, 0.5) is 4.39 Å². The van der Waals surface area contributed by atoms with E-state index >= 15 is 0 Å². The van der Waals surface area contributed by atoms with E-state index in [-0.39, 0.29) is 24.3 Å². The molecule has 1 amide bonds. The summed E-state index contributed by atoms with van der Waals surface area (Å²) in [5, 5.41) is 10.9. The fourth-order valence-electron chi connectivity index (χ4n) is 2.87. The lowest BCUT2D eigenvalue weighted by Gasteiger charge is -2.16. The average molecular weight is 408 g/mol. The maximum Gasteiger partial charge on any atom is 0.261 e. The SMILES string of the molecule is Cc1nnn(C)c1-c1cc(C(=O)NC(CN)Cc2cccc(F)c2)sc1Cl. The summed E-state index contributed by atoms with van der Waals surface area (Å²) in [6, 6.07) is 7.66. The molecule has 1 atom stereocenters. The quantitative estimate of drug-likeness (QED) is 0.657. The Kier molecular flexibility index (Phi) is 5.88. The number of carbonyl (C=O) groups excluding carboxylic acids is 1. The molecule has 3 N–H and O–H groups in total. The molecule has 0 saturated heterocycles. The number of rotatable bonds is 6. The third kappa shape index (κ3) is 4.35. The summed E-state index contributed by atoms with van der Waals surface area (Å²) in [6.45, 7) is 2.07. The van der Waals surface area contributed by atoms with Crippen LogP contribution in [-0.2, 0) is 13.5 Å². The van der Waals surface area contributed by atoms with E-state index in [1.54, 1.807) is 29.9 Å². The number of aromatic nitrogens is 3. The summed E-state index contributed by atoms with van der Waals surface area (Å²) in [4.78, 5) is 13.1. The van der Waals surface area contributed by atoms with Crippen LogP contribution < -0.4 is 11.1 Å². The molecule has 0 aliphatic heterocycles. The minimum Gasteiger partial charge on any atom is -0.347 e. The summed E-state index contributed by atoms with van der Waals surface area (Å²) in [5.74, 6) is -0.586. The standard InChI is InChI=1S/C18H19ClFN5OS/c1-10-16(25(2)24-23-10)14-8-15(27-17(14)19)18(26)22-13(9-21)7-11-4-3-5-12(20)6-11/h3-6,8,13H,7,9,21H2,1-2H3,(H,22,26). The van der Waals surface area contributed by atoms with Gasteiger partial charge in [-0.3, -0.25) is 4.79 Å². The smallest absolute Gasteiger partial charge is 0.261 e. The molecule has 6 nitrogen and oxygen atoms in total.